The second kappa shape index (κ2) is 0.887. The standard InChI is InChI=1S/C14H24P.C5H5.Fe/c1-12(2,3)14(15,13(4,5)6)11-9-7-8-10-11;1-2-4-5-3-1;/h7-10H,15H2,1-6H3;1-5H;. The maximum absolute atomic E-state index is 3.62. The first-order valence-electron chi connectivity index (χ1n) is 9.30. The zero-order chi connectivity index (χ0) is 14.5. The molecule has 0 aromatic rings. The van der Waals surface area contributed by atoms with Crippen LogP contribution in [0.1, 0.15) is 41.5 Å². The van der Waals surface area contributed by atoms with Crippen LogP contribution in [0.4, 0.5) is 0 Å². The molecule has 0 saturated carbocycles. The molecule has 2 heteroatoms. The molecule has 10 saturated heterocycles. The molecule has 0 nitrogen and oxygen atoms in total. The molecule has 21 heavy (non-hydrogen) atoms. The van der Waals surface area contributed by atoms with Crippen molar-refractivity contribution in [2.45, 2.75) is 94.4 Å². The number of hydrogen-bond acceptors (Lipinski definition) is 0. The first-order chi connectivity index (χ1) is 9.30. The summed E-state index contributed by atoms with van der Waals surface area (Å²) in [6, 6.07) is 0. The molecular weight excluding hydrogens is 315 g/mol. The molecule has 0 N–H and O–H groups in total. The molecule has 5 atom stereocenters. The molecule has 0 aromatic carbocycles. The van der Waals surface area contributed by atoms with Gasteiger partial charge in [-0.25, -0.2) is 0 Å². The van der Waals surface area contributed by atoms with Crippen LogP contribution in [0.5, 0.6) is 0 Å². The van der Waals surface area contributed by atoms with E-state index in [1.165, 1.54) is 43.3 Å². The minimum absolute atomic E-state index is 0.452. The molecule has 0 radical (unpaired) electrons. The Balaban J connectivity index is 1.49. The normalized spacial score (nSPS) is 101. The summed E-state index contributed by atoms with van der Waals surface area (Å²) in [5, 5.41) is 0.530. The van der Waals surface area contributed by atoms with Crippen LogP contribution in [0.15, 0.2) is 0 Å². The molecule has 0 aliphatic carbocycles. The molecule has 1 spiro atoms. The van der Waals surface area contributed by atoms with Gasteiger partial charge >= 0.3 is 121 Å². The molecule has 0 aromatic heterocycles. The van der Waals surface area contributed by atoms with Crippen LogP contribution in [0.25, 0.3) is 0 Å². The third-order valence-corrected chi connectivity index (χ3v) is 62.6. The van der Waals surface area contributed by atoms with Crippen molar-refractivity contribution in [1.82, 2.24) is 0 Å². The van der Waals surface area contributed by atoms with E-state index in [4.69, 9.17) is 0 Å². The molecule has 118 valence electrons. The van der Waals surface area contributed by atoms with Gasteiger partial charge in [0.1, 0.15) is 0 Å². The Hall–Kier alpha value is 0.949. The van der Waals surface area contributed by atoms with Gasteiger partial charge in [0.2, 0.25) is 0 Å². The molecule has 0 bridgehead atoms. The first-order valence-corrected chi connectivity index (χ1v) is 16.2. The molecule has 10 rings (SSSR count). The quantitative estimate of drug-likeness (QED) is 0.379. The summed E-state index contributed by atoms with van der Waals surface area (Å²) in [6.07, 6.45) is 0. The Morgan fingerprint density at radius 1 is 0.667 bits per heavy atom. The van der Waals surface area contributed by atoms with Gasteiger partial charge in [0.25, 0.3) is 0 Å². The monoisotopic (exact) mass is 344 g/mol. The van der Waals surface area contributed by atoms with Gasteiger partial charge in [0, 0.05) is 0 Å². The average Bonchev–Trinajstić information content (AvgIpc) is 3.27. The number of rotatable bonds is 1. The van der Waals surface area contributed by atoms with E-state index in [0.29, 0.717) is 16.0 Å². The SMILES string of the molecule is CC(C)(C)C(P)(C(C)(C)C)[C]12[CH]3[CH]4[CH]5[CH]1[Fe]45321678[CH]2[CH]1[CH]6[CH]7[CH]28. The third kappa shape index (κ3) is 0.130. The van der Waals surface area contributed by atoms with E-state index in [2.05, 4.69) is 50.8 Å². The second-order valence-corrected chi connectivity index (χ2v) is 39.4. The fraction of sp³-hybridized carbons (Fsp3) is 1.00. The van der Waals surface area contributed by atoms with Gasteiger partial charge in [-0.15, -0.1) is 0 Å². The van der Waals surface area contributed by atoms with Gasteiger partial charge in [-0.1, -0.05) is 0 Å². The van der Waals surface area contributed by atoms with E-state index in [9.17, 15) is 0 Å². The van der Waals surface area contributed by atoms with E-state index in [1.54, 1.807) is 0 Å². The van der Waals surface area contributed by atoms with Crippen LogP contribution >= 0.6 is 9.24 Å². The fourth-order valence-corrected chi connectivity index (χ4v) is 98.1. The molecule has 10 heterocycles. The molecule has 5 unspecified atom stereocenters. The maximum atomic E-state index is 3.62. The summed E-state index contributed by atoms with van der Waals surface area (Å²) >= 11 is 0. The molecule has 10 aliphatic heterocycles. The minimum atomic E-state index is -3.02. The van der Waals surface area contributed by atoms with Crippen LogP contribution in [0.3, 0.4) is 0 Å². The van der Waals surface area contributed by atoms with Crippen LogP contribution in [-0.2, 0) is 6.51 Å². The molecule has 10 fully saturated rings. The van der Waals surface area contributed by atoms with E-state index < -0.39 is 6.51 Å². The van der Waals surface area contributed by atoms with Crippen LogP contribution < -0.4 is 0 Å². The Morgan fingerprint density at radius 2 is 1.00 bits per heavy atom. The summed E-state index contributed by atoms with van der Waals surface area (Å²) in [4.78, 5) is 13.1. The Labute approximate surface area is 121 Å². The topological polar surface area (TPSA) is 0 Å². The van der Waals surface area contributed by atoms with Gasteiger partial charge < -0.3 is 0 Å². The van der Waals surface area contributed by atoms with Crippen LogP contribution in [0.2, 0.25) is 47.7 Å². The van der Waals surface area contributed by atoms with Crippen molar-refractivity contribution in [2.24, 2.45) is 10.8 Å². The van der Waals surface area contributed by atoms with Crippen molar-refractivity contribution in [3.05, 3.63) is 0 Å². The first kappa shape index (κ1) is 10.1. The zero-order valence-electron chi connectivity index (χ0n) is 14.1. The number of fused-ring (bicyclic) bond motifs is 10. The van der Waals surface area contributed by atoms with Crippen molar-refractivity contribution >= 4 is 9.24 Å². The Bertz CT molecular complexity index is 1000. The van der Waals surface area contributed by atoms with Gasteiger partial charge in [-0.05, 0) is 0 Å². The van der Waals surface area contributed by atoms with Crippen molar-refractivity contribution in [3.8, 4) is 0 Å². The fourth-order valence-electron chi connectivity index (χ4n) is 19.6. The van der Waals surface area contributed by atoms with Crippen LogP contribution in [0, 0.1) is 10.8 Å². The predicted molar refractivity (Wildman–Crippen MR) is 87.8 cm³/mol. The Kier molecular flexibility index (Phi) is 0.425. The van der Waals surface area contributed by atoms with E-state index in [1.807, 2.05) is 0 Å². The molecule has 0 amide bonds. The summed E-state index contributed by atoms with van der Waals surface area (Å²) in [5.74, 6) is 0. The average molecular weight is 344 g/mol. The summed E-state index contributed by atoms with van der Waals surface area (Å²) in [7, 11) is 3.62. The van der Waals surface area contributed by atoms with Gasteiger partial charge in [0.15, 0.2) is 0 Å². The second-order valence-electron chi connectivity index (χ2n) is 15.0. The van der Waals surface area contributed by atoms with E-state index in [0.717, 1.165) is 4.31 Å². The molecule has 10 aliphatic rings. The summed E-state index contributed by atoms with van der Waals surface area (Å²) < 4.78 is 0.979. The molecular formula is C19H29FeP. The van der Waals surface area contributed by atoms with Crippen molar-refractivity contribution in [2.75, 3.05) is 0 Å². The van der Waals surface area contributed by atoms with Crippen LogP contribution in [-0.4, -0.2) is 5.16 Å². The summed E-state index contributed by atoms with van der Waals surface area (Å²) in [5.41, 5.74) is 0.904. The van der Waals surface area contributed by atoms with Gasteiger partial charge in [-0.2, -0.15) is 0 Å². The predicted octanol–water partition coefficient (Wildman–Crippen LogP) is 6.45. The third-order valence-electron chi connectivity index (χ3n) is 17.6. The van der Waals surface area contributed by atoms with Crippen molar-refractivity contribution in [3.63, 3.8) is 0 Å². The van der Waals surface area contributed by atoms with Gasteiger partial charge in [0.05, 0.1) is 0 Å². The van der Waals surface area contributed by atoms with E-state index >= 15 is 0 Å². The summed E-state index contributed by atoms with van der Waals surface area (Å²) in [6.45, 7) is 12.5. The van der Waals surface area contributed by atoms with Gasteiger partial charge in [-0.3, -0.25) is 0 Å². The number of hydrogen-bond donors (Lipinski definition) is 0. The van der Waals surface area contributed by atoms with Crippen molar-refractivity contribution < 1.29 is 6.51 Å². The zero-order valence-corrected chi connectivity index (χ0v) is 16.4. The van der Waals surface area contributed by atoms with E-state index in [-0.39, 0.29) is 0 Å². The van der Waals surface area contributed by atoms with Crippen molar-refractivity contribution in [1.29, 1.82) is 0 Å². The Morgan fingerprint density at radius 3 is 1.14 bits per heavy atom.